The minimum Gasteiger partial charge on any atom is -0.454 e. The number of hydrogen-bond acceptors (Lipinski definition) is 5. The number of ether oxygens (including phenoxy) is 1. The van der Waals surface area contributed by atoms with Crippen LogP contribution in [0.3, 0.4) is 0 Å². The third-order valence-corrected chi connectivity index (χ3v) is 4.40. The van der Waals surface area contributed by atoms with E-state index in [1.54, 1.807) is 47.3 Å². The van der Waals surface area contributed by atoms with Crippen molar-refractivity contribution in [1.29, 1.82) is 0 Å². The molecule has 0 saturated heterocycles. The van der Waals surface area contributed by atoms with Crippen molar-refractivity contribution in [2.75, 3.05) is 11.9 Å². The Morgan fingerprint density at radius 3 is 2.33 bits per heavy atom. The SMILES string of the molecule is CCCC(=O)Nc1ccc(C(=O)COC(=O)c2ccc(Cn3cccn3)cc2)cc1. The second-order valence-corrected chi connectivity index (χ2v) is 6.78. The van der Waals surface area contributed by atoms with Crippen LogP contribution < -0.4 is 5.32 Å². The number of ketones is 1. The number of aromatic nitrogens is 2. The molecule has 1 heterocycles. The molecule has 154 valence electrons. The number of amides is 1. The molecule has 1 amide bonds. The minimum absolute atomic E-state index is 0.0684. The van der Waals surface area contributed by atoms with Crippen molar-refractivity contribution in [2.45, 2.75) is 26.3 Å². The molecule has 0 aliphatic heterocycles. The highest BCUT2D eigenvalue weighted by Gasteiger charge is 2.12. The van der Waals surface area contributed by atoms with Crippen LogP contribution in [-0.4, -0.2) is 34.0 Å². The molecule has 1 aromatic heterocycles. The summed E-state index contributed by atoms with van der Waals surface area (Å²) in [5.74, 6) is -0.941. The molecule has 0 atom stereocenters. The van der Waals surface area contributed by atoms with E-state index in [2.05, 4.69) is 10.4 Å². The summed E-state index contributed by atoms with van der Waals surface area (Å²) in [5, 5.41) is 6.90. The molecule has 1 N–H and O–H groups in total. The number of hydrogen-bond donors (Lipinski definition) is 1. The summed E-state index contributed by atoms with van der Waals surface area (Å²) in [4.78, 5) is 36.1. The third kappa shape index (κ3) is 5.88. The molecule has 0 aliphatic carbocycles. The lowest BCUT2D eigenvalue weighted by atomic mass is 10.1. The fourth-order valence-electron chi connectivity index (χ4n) is 2.82. The van der Waals surface area contributed by atoms with E-state index in [0.717, 1.165) is 12.0 Å². The molecule has 3 rings (SSSR count). The first kappa shape index (κ1) is 21.0. The fourth-order valence-corrected chi connectivity index (χ4v) is 2.82. The third-order valence-electron chi connectivity index (χ3n) is 4.40. The summed E-state index contributed by atoms with van der Waals surface area (Å²) in [6.45, 7) is 2.18. The number of carbonyl (C=O) groups excluding carboxylic acids is 3. The van der Waals surface area contributed by atoms with Gasteiger partial charge >= 0.3 is 5.97 Å². The van der Waals surface area contributed by atoms with Gasteiger partial charge in [-0.05, 0) is 54.4 Å². The molecule has 7 nitrogen and oxygen atoms in total. The number of anilines is 1. The lowest BCUT2D eigenvalue weighted by Crippen LogP contribution is -2.15. The number of benzene rings is 2. The van der Waals surface area contributed by atoms with Gasteiger partial charge in [-0.15, -0.1) is 0 Å². The Morgan fingerprint density at radius 2 is 1.70 bits per heavy atom. The van der Waals surface area contributed by atoms with Crippen molar-refractivity contribution in [3.63, 3.8) is 0 Å². The summed E-state index contributed by atoms with van der Waals surface area (Å²) < 4.78 is 6.93. The van der Waals surface area contributed by atoms with E-state index < -0.39 is 5.97 Å². The van der Waals surface area contributed by atoms with Crippen LogP contribution in [0, 0.1) is 0 Å². The quantitative estimate of drug-likeness (QED) is 0.433. The first-order valence-electron chi connectivity index (χ1n) is 9.71. The molecule has 7 heteroatoms. The standard InChI is InChI=1S/C23H23N3O4/c1-2-4-22(28)25-20-11-9-18(10-12-20)21(27)16-30-23(29)19-7-5-17(6-8-19)15-26-14-3-13-24-26/h3,5-14H,2,4,15-16H2,1H3,(H,25,28). The maximum absolute atomic E-state index is 12.3. The average molecular weight is 405 g/mol. The molecule has 0 aliphatic rings. The summed E-state index contributed by atoms with van der Waals surface area (Å²) in [6.07, 6.45) is 4.78. The molecule has 30 heavy (non-hydrogen) atoms. The van der Waals surface area contributed by atoms with Crippen molar-refractivity contribution >= 4 is 23.3 Å². The zero-order valence-electron chi connectivity index (χ0n) is 16.7. The van der Waals surface area contributed by atoms with Gasteiger partial charge in [-0.25, -0.2) is 4.79 Å². The Hall–Kier alpha value is -3.74. The molecule has 2 aromatic carbocycles. The number of esters is 1. The van der Waals surface area contributed by atoms with E-state index in [1.165, 1.54) is 0 Å². The van der Waals surface area contributed by atoms with E-state index in [-0.39, 0.29) is 18.3 Å². The van der Waals surface area contributed by atoms with E-state index >= 15 is 0 Å². The molecule has 3 aromatic rings. The Labute approximate surface area is 174 Å². The normalized spacial score (nSPS) is 10.4. The molecule has 0 saturated carbocycles. The van der Waals surface area contributed by atoms with Crippen LogP contribution in [0.15, 0.2) is 67.0 Å². The minimum atomic E-state index is -0.558. The molecule has 0 fully saturated rings. The van der Waals surface area contributed by atoms with E-state index in [9.17, 15) is 14.4 Å². The van der Waals surface area contributed by atoms with Gasteiger partial charge in [0.25, 0.3) is 0 Å². The van der Waals surface area contributed by atoms with Crippen LogP contribution in [-0.2, 0) is 16.1 Å². The topological polar surface area (TPSA) is 90.3 Å². The van der Waals surface area contributed by atoms with Gasteiger partial charge in [-0.3, -0.25) is 14.3 Å². The van der Waals surface area contributed by atoms with Crippen LogP contribution in [0.5, 0.6) is 0 Å². The van der Waals surface area contributed by atoms with Crippen molar-refractivity contribution in [3.05, 3.63) is 83.7 Å². The Kier molecular flexibility index (Phi) is 7.10. The molecule has 0 bridgehead atoms. The zero-order valence-corrected chi connectivity index (χ0v) is 16.7. The Balaban J connectivity index is 1.50. The summed E-state index contributed by atoms with van der Waals surface area (Å²) >= 11 is 0. The lowest BCUT2D eigenvalue weighted by Gasteiger charge is -2.07. The predicted octanol–water partition coefficient (Wildman–Crippen LogP) is 3.71. The Morgan fingerprint density at radius 1 is 1.00 bits per heavy atom. The lowest BCUT2D eigenvalue weighted by molar-refractivity contribution is -0.116. The maximum atomic E-state index is 12.3. The number of carbonyl (C=O) groups is 3. The molecule has 0 radical (unpaired) electrons. The van der Waals surface area contributed by atoms with E-state index in [0.29, 0.717) is 29.8 Å². The van der Waals surface area contributed by atoms with Gasteiger partial charge < -0.3 is 10.1 Å². The highest BCUT2D eigenvalue weighted by molar-refractivity contribution is 6.00. The molecular weight excluding hydrogens is 382 g/mol. The van der Waals surface area contributed by atoms with Crippen molar-refractivity contribution < 1.29 is 19.1 Å². The van der Waals surface area contributed by atoms with Gasteiger partial charge in [0.05, 0.1) is 12.1 Å². The van der Waals surface area contributed by atoms with Crippen LogP contribution in [0.1, 0.15) is 46.0 Å². The van der Waals surface area contributed by atoms with Crippen molar-refractivity contribution in [1.82, 2.24) is 9.78 Å². The summed E-state index contributed by atoms with van der Waals surface area (Å²) in [6, 6.07) is 15.3. The smallest absolute Gasteiger partial charge is 0.338 e. The van der Waals surface area contributed by atoms with Crippen molar-refractivity contribution in [2.24, 2.45) is 0 Å². The van der Waals surface area contributed by atoms with Crippen LogP contribution in [0.4, 0.5) is 5.69 Å². The highest BCUT2D eigenvalue weighted by Crippen LogP contribution is 2.12. The van der Waals surface area contributed by atoms with Gasteiger partial charge in [0, 0.05) is 30.1 Å². The van der Waals surface area contributed by atoms with E-state index in [1.807, 2.05) is 31.3 Å². The van der Waals surface area contributed by atoms with Crippen LogP contribution in [0.25, 0.3) is 0 Å². The second kappa shape index (κ2) is 10.2. The summed E-state index contributed by atoms with van der Waals surface area (Å²) in [7, 11) is 0. The summed E-state index contributed by atoms with van der Waals surface area (Å²) in [5.41, 5.74) is 2.40. The van der Waals surface area contributed by atoms with Crippen LogP contribution >= 0.6 is 0 Å². The van der Waals surface area contributed by atoms with Gasteiger partial charge in [-0.2, -0.15) is 5.10 Å². The van der Waals surface area contributed by atoms with Gasteiger partial charge in [0.2, 0.25) is 5.91 Å². The van der Waals surface area contributed by atoms with Gasteiger partial charge in [-0.1, -0.05) is 19.1 Å². The van der Waals surface area contributed by atoms with Crippen molar-refractivity contribution in [3.8, 4) is 0 Å². The highest BCUT2D eigenvalue weighted by atomic mass is 16.5. The molecular formula is C23H23N3O4. The predicted molar refractivity (Wildman–Crippen MR) is 112 cm³/mol. The first-order chi connectivity index (χ1) is 14.5. The van der Waals surface area contributed by atoms with Gasteiger partial charge in [0.15, 0.2) is 12.4 Å². The average Bonchev–Trinajstić information content (AvgIpc) is 3.26. The van der Waals surface area contributed by atoms with Crippen LogP contribution in [0.2, 0.25) is 0 Å². The maximum Gasteiger partial charge on any atom is 0.338 e. The zero-order chi connectivity index (χ0) is 21.3. The number of nitrogens with one attached hydrogen (secondary N) is 1. The molecule has 0 unspecified atom stereocenters. The number of rotatable bonds is 9. The first-order valence-corrected chi connectivity index (χ1v) is 9.71. The monoisotopic (exact) mass is 405 g/mol. The molecule has 0 spiro atoms. The largest absolute Gasteiger partial charge is 0.454 e. The number of nitrogens with zero attached hydrogens (tertiary/aromatic N) is 2. The van der Waals surface area contributed by atoms with Gasteiger partial charge in [0.1, 0.15) is 0 Å². The fraction of sp³-hybridized carbons (Fsp3) is 0.217. The number of Topliss-reactive ketones (excluding diaryl/α,β-unsaturated/α-hetero) is 1. The Bertz CT molecular complexity index is 994. The van der Waals surface area contributed by atoms with E-state index in [4.69, 9.17) is 4.74 Å². The second-order valence-electron chi connectivity index (χ2n) is 6.78.